The zero-order valence-corrected chi connectivity index (χ0v) is 8.24. The number of hydrogen-bond acceptors (Lipinski definition) is 4. The van der Waals surface area contributed by atoms with Crippen molar-refractivity contribution in [1.29, 1.82) is 0 Å². The number of hydrogen-bond donors (Lipinski definition) is 2. The van der Waals surface area contributed by atoms with E-state index in [0.29, 0.717) is 0 Å². The van der Waals surface area contributed by atoms with E-state index in [9.17, 15) is 9.90 Å². The van der Waals surface area contributed by atoms with Gasteiger partial charge in [-0.1, -0.05) is 0 Å². The first kappa shape index (κ1) is 12.3. The summed E-state index contributed by atoms with van der Waals surface area (Å²) in [6.45, 7) is 2.03. The first-order chi connectivity index (χ1) is 6.11. The van der Waals surface area contributed by atoms with Crippen molar-refractivity contribution in [1.82, 2.24) is 5.32 Å². The van der Waals surface area contributed by atoms with Crippen LogP contribution < -0.4 is 5.32 Å². The molecule has 0 heterocycles. The fourth-order valence-corrected chi connectivity index (χ4v) is 0.720. The topological polar surface area (TPSA) is 67.8 Å². The van der Waals surface area contributed by atoms with Crippen molar-refractivity contribution >= 4 is 5.91 Å². The molecule has 5 nitrogen and oxygen atoms in total. The van der Waals surface area contributed by atoms with Gasteiger partial charge in [0, 0.05) is 20.8 Å². The Morgan fingerprint density at radius 2 is 2.15 bits per heavy atom. The quantitative estimate of drug-likeness (QED) is 0.573. The molecule has 0 saturated heterocycles. The van der Waals surface area contributed by atoms with Gasteiger partial charge < -0.3 is 19.9 Å². The number of aliphatic hydroxyl groups excluding tert-OH is 1. The van der Waals surface area contributed by atoms with Crippen molar-refractivity contribution in [3.8, 4) is 0 Å². The van der Waals surface area contributed by atoms with Crippen LogP contribution in [0.15, 0.2) is 0 Å². The molecule has 0 fully saturated rings. The molecular formula is C8H17NO4. The van der Waals surface area contributed by atoms with Crippen LogP contribution in [-0.4, -0.2) is 50.6 Å². The van der Waals surface area contributed by atoms with E-state index >= 15 is 0 Å². The molecule has 2 N–H and O–H groups in total. The molecule has 0 rings (SSSR count). The van der Waals surface area contributed by atoms with E-state index in [4.69, 9.17) is 9.47 Å². The largest absolute Gasteiger partial charge is 0.389 e. The summed E-state index contributed by atoms with van der Waals surface area (Å²) in [6, 6.07) is 0. The van der Waals surface area contributed by atoms with E-state index in [1.165, 1.54) is 14.2 Å². The average Bonchev–Trinajstić information content (AvgIpc) is 2.13. The Kier molecular flexibility index (Phi) is 6.48. The highest BCUT2D eigenvalue weighted by Crippen LogP contribution is 1.88. The van der Waals surface area contributed by atoms with Crippen molar-refractivity contribution in [2.45, 2.75) is 19.1 Å². The predicted molar refractivity (Wildman–Crippen MR) is 47.4 cm³/mol. The van der Waals surface area contributed by atoms with Crippen LogP contribution in [0.2, 0.25) is 0 Å². The Balaban J connectivity index is 3.57. The number of aliphatic hydroxyl groups is 1. The third kappa shape index (κ3) is 5.57. The summed E-state index contributed by atoms with van der Waals surface area (Å²) < 4.78 is 9.47. The Morgan fingerprint density at radius 1 is 1.54 bits per heavy atom. The standard InChI is InChI=1S/C8H17NO4/c1-6(13-3)8(11)9-4-7(10)5-12-2/h6-7,10H,4-5H2,1-3H3,(H,9,11). The summed E-state index contributed by atoms with van der Waals surface area (Å²) >= 11 is 0. The van der Waals surface area contributed by atoms with Gasteiger partial charge in [-0.3, -0.25) is 4.79 Å². The van der Waals surface area contributed by atoms with Gasteiger partial charge in [-0.25, -0.2) is 0 Å². The van der Waals surface area contributed by atoms with Crippen LogP contribution in [-0.2, 0) is 14.3 Å². The van der Waals surface area contributed by atoms with Crippen LogP contribution in [0, 0.1) is 0 Å². The SMILES string of the molecule is COCC(O)CNC(=O)C(C)OC. The third-order valence-electron chi connectivity index (χ3n) is 1.59. The van der Waals surface area contributed by atoms with Gasteiger partial charge in [0.1, 0.15) is 6.10 Å². The fourth-order valence-electron chi connectivity index (χ4n) is 0.720. The first-order valence-electron chi connectivity index (χ1n) is 4.09. The second-order valence-electron chi connectivity index (χ2n) is 2.73. The smallest absolute Gasteiger partial charge is 0.248 e. The lowest BCUT2D eigenvalue weighted by Crippen LogP contribution is -2.39. The molecule has 0 radical (unpaired) electrons. The van der Waals surface area contributed by atoms with E-state index < -0.39 is 12.2 Å². The molecule has 0 aromatic carbocycles. The van der Waals surface area contributed by atoms with Crippen molar-refractivity contribution in [3.05, 3.63) is 0 Å². The number of nitrogens with one attached hydrogen (secondary N) is 1. The van der Waals surface area contributed by atoms with Crippen molar-refractivity contribution < 1.29 is 19.4 Å². The van der Waals surface area contributed by atoms with Gasteiger partial charge >= 0.3 is 0 Å². The predicted octanol–water partition coefficient (Wildman–Crippen LogP) is -0.855. The molecule has 0 aromatic heterocycles. The van der Waals surface area contributed by atoms with Gasteiger partial charge in [0.15, 0.2) is 0 Å². The molecule has 0 spiro atoms. The number of carbonyl (C=O) groups excluding carboxylic acids is 1. The van der Waals surface area contributed by atoms with E-state index in [1.54, 1.807) is 6.92 Å². The minimum absolute atomic E-state index is 0.181. The highest BCUT2D eigenvalue weighted by molar-refractivity contribution is 5.80. The van der Waals surface area contributed by atoms with Crippen LogP contribution in [0.1, 0.15) is 6.92 Å². The molecule has 0 aliphatic carbocycles. The molecule has 0 aliphatic heterocycles. The van der Waals surface area contributed by atoms with E-state index in [1.807, 2.05) is 0 Å². The zero-order chi connectivity index (χ0) is 10.3. The molecule has 78 valence electrons. The molecule has 2 atom stereocenters. The van der Waals surface area contributed by atoms with Crippen molar-refractivity contribution in [2.24, 2.45) is 0 Å². The minimum atomic E-state index is -0.669. The van der Waals surface area contributed by atoms with Crippen LogP contribution >= 0.6 is 0 Å². The molecular weight excluding hydrogens is 174 g/mol. The first-order valence-corrected chi connectivity index (χ1v) is 4.09. The van der Waals surface area contributed by atoms with Gasteiger partial charge in [-0.2, -0.15) is 0 Å². The summed E-state index contributed by atoms with van der Waals surface area (Å²) in [4.78, 5) is 11.1. The summed E-state index contributed by atoms with van der Waals surface area (Å²) in [5.74, 6) is -0.238. The van der Waals surface area contributed by atoms with Gasteiger partial charge in [0.2, 0.25) is 5.91 Å². The number of amides is 1. The number of methoxy groups -OCH3 is 2. The van der Waals surface area contributed by atoms with Crippen LogP contribution in [0.5, 0.6) is 0 Å². The maximum Gasteiger partial charge on any atom is 0.248 e. The lowest BCUT2D eigenvalue weighted by molar-refractivity contribution is -0.130. The van der Waals surface area contributed by atoms with Gasteiger partial charge in [0.05, 0.1) is 12.7 Å². The Hall–Kier alpha value is -0.650. The summed E-state index contributed by atoms with van der Waals surface area (Å²) in [5, 5.41) is 11.7. The number of carbonyl (C=O) groups is 1. The summed E-state index contributed by atoms with van der Waals surface area (Å²) in [6.07, 6.45) is -1.16. The Bertz CT molecular complexity index is 151. The maximum absolute atomic E-state index is 11.1. The van der Waals surface area contributed by atoms with Gasteiger partial charge in [0.25, 0.3) is 0 Å². The molecule has 2 unspecified atom stereocenters. The molecule has 0 aromatic rings. The average molecular weight is 191 g/mol. The minimum Gasteiger partial charge on any atom is -0.389 e. The Labute approximate surface area is 78.0 Å². The zero-order valence-electron chi connectivity index (χ0n) is 8.24. The van der Waals surface area contributed by atoms with Crippen LogP contribution in [0.3, 0.4) is 0 Å². The van der Waals surface area contributed by atoms with Crippen LogP contribution in [0.4, 0.5) is 0 Å². The summed E-state index contributed by atoms with van der Waals surface area (Å²) in [7, 11) is 2.94. The normalized spacial score (nSPS) is 15.1. The van der Waals surface area contributed by atoms with E-state index in [2.05, 4.69) is 5.32 Å². The maximum atomic E-state index is 11.1. The lowest BCUT2D eigenvalue weighted by Gasteiger charge is -2.13. The molecule has 0 aliphatic rings. The summed E-state index contributed by atoms with van der Waals surface area (Å²) in [5.41, 5.74) is 0. The third-order valence-corrected chi connectivity index (χ3v) is 1.59. The number of rotatable bonds is 6. The van der Waals surface area contributed by atoms with E-state index in [-0.39, 0.29) is 19.1 Å². The van der Waals surface area contributed by atoms with Crippen molar-refractivity contribution in [2.75, 3.05) is 27.4 Å². The highest BCUT2D eigenvalue weighted by Gasteiger charge is 2.12. The highest BCUT2D eigenvalue weighted by atomic mass is 16.5. The molecule has 0 bridgehead atoms. The second kappa shape index (κ2) is 6.82. The van der Waals surface area contributed by atoms with E-state index in [0.717, 1.165) is 0 Å². The monoisotopic (exact) mass is 191 g/mol. The van der Waals surface area contributed by atoms with Crippen LogP contribution in [0.25, 0.3) is 0 Å². The lowest BCUT2D eigenvalue weighted by atomic mass is 10.3. The molecule has 0 saturated carbocycles. The molecule has 1 amide bonds. The second-order valence-corrected chi connectivity index (χ2v) is 2.73. The van der Waals surface area contributed by atoms with Gasteiger partial charge in [-0.05, 0) is 6.92 Å². The van der Waals surface area contributed by atoms with Gasteiger partial charge in [-0.15, -0.1) is 0 Å². The molecule has 13 heavy (non-hydrogen) atoms. The molecule has 5 heteroatoms. The van der Waals surface area contributed by atoms with Crippen molar-refractivity contribution in [3.63, 3.8) is 0 Å². The Morgan fingerprint density at radius 3 is 2.62 bits per heavy atom. The number of ether oxygens (including phenoxy) is 2. The fraction of sp³-hybridized carbons (Fsp3) is 0.875.